The summed E-state index contributed by atoms with van der Waals surface area (Å²) in [5.41, 5.74) is 4.39. The van der Waals surface area contributed by atoms with E-state index < -0.39 is 0 Å². The molecule has 4 nitrogen and oxygen atoms in total. The van der Waals surface area contributed by atoms with Crippen LogP contribution in [0.4, 0.5) is 0 Å². The van der Waals surface area contributed by atoms with Gasteiger partial charge in [0.2, 0.25) is 0 Å². The summed E-state index contributed by atoms with van der Waals surface area (Å²) < 4.78 is 5.35. The number of amides is 1. The third-order valence-corrected chi connectivity index (χ3v) is 5.31. The standard InChI is InChI=1S/C25H24N2O2/c1-18-15-22(14-13-20(18)12-11-19-7-5-6-8-19)25(28)26-17-23-16-24(27-29-23)21-9-3-2-4-10-21/h2-4,9-10,13-16,19H,5-8,17H2,1H3,(H,26,28). The van der Waals surface area contributed by atoms with Crippen molar-refractivity contribution < 1.29 is 9.32 Å². The molecule has 0 bridgehead atoms. The molecule has 0 atom stereocenters. The molecule has 0 aliphatic heterocycles. The monoisotopic (exact) mass is 384 g/mol. The van der Waals surface area contributed by atoms with E-state index in [1.807, 2.05) is 61.5 Å². The van der Waals surface area contributed by atoms with Crippen LogP contribution in [-0.4, -0.2) is 11.1 Å². The average molecular weight is 384 g/mol. The Hall–Kier alpha value is -3.32. The first-order chi connectivity index (χ1) is 14.2. The first-order valence-corrected chi connectivity index (χ1v) is 10.1. The molecule has 29 heavy (non-hydrogen) atoms. The molecule has 1 aliphatic rings. The predicted molar refractivity (Wildman–Crippen MR) is 113 cm³/mol. The van der Waals surface area contributed by atoms with Gasteiger partial charge in [0, 0.05) is 28.7 Å². The highest BCUT2D eigenvalue weighted by atomic mass is 16.5. The maximum absolute atomic E-state index is 12.5. The van der Waals surface area contributed by atoms with E-state index in [9.17, 15) is 4.79 Å². The molecule has 4 rings (SSSR count). The van der Waals surface area contributed by atoms with Crippen LogP contribution in [0.3, 0.4) is 0 Å². The number of aryl methyl sites for hydroxylation is 1. The SMILES string of the molecule is Cc1cc(C(=O)NCc2cc(-c3ccccc3)no2)ccc1C#CC1CCCC1. The van der Waals surface area contributed by atoms with Gasteiger partial charge >= 0.3 is 0 Å². The van der Waals surface area contributed by atoms with Crippen LogP contribution < -0.4 is 5.32 Å². The zero-order valence-electron chi connectivity index (χ0n) is 16.6. The van der Waals surface area contributed by atoms with Crippen molar-refractivity contribution in [3.8, 4) is 23.1 Å². The Bertz CT molecular complexity index is 1050. The highest BCUT2D eigenvalue weighted by Gasteiger charge is 2.12. The molecule has 1 aromatic heterocycles. The van der Waals surface area contributed by atoms with Crippen LogP contribution in [0.5, 0.6) is 0 Å². The number of rotatable bonds is 4. The van der Waals surface area contributed by atoms with Gasteiger partial charge in [0.05, 0.1) is 6.54 Å². The number of carbonyl (C=O) groups is 1. The average Bonchev–Trinajstić information content (AvgIpc) is 3.44. The number of carbonyl (C=O) groups excluding carboxylic acids is 1. The van der Waals surface area contributed by atoms with Crippen LogP contribution in [-0.2, 0) is 6.54 Å². The summed E-state index contributed by atoms with van der Waals surface area (Å²) in [6.45, 7) is 2.29. The van der Waals surface area contributed by atoms with Gasteiger partial charge in [-0.05, 0) is 43.5 Å². The lowest BCUT2D eigenvalue weighted by Crippen LogP contribution is -2.22. The molecule has 1 N–H and O–H groups in total. The van der Waals surface area contributed by atoms with E-state index in [-0.39, 0.29) is 5.91 Å². The first-order valence-electron chi connectivity index (χ1n) is 10.1. The predicted octanol–water partition coefficient (Wildman–Crippen LogP) is 5.12. The molecule has 1 heterocycles. The lowest BCUT2D eigenvalue weighted by Gasteiger charge is -2.05. The van der Waals surface area contributed by atoms with Gasteiger partial charge in [-0.25, -0.2) is 0 Å². The van der Waals surface area contributed by atoms with Gasteiger partial charge in [0.1, 0.15) is 5.69 Å². The molecule has 2 aromatic carbocycles. The molecule has 0 radical (unpaired) electrons. The highest BCUT2D eigenvalue weighted by Crippen LogP contribution is 2.24. The minimum atomic E-state index is -0.138. The zero-order valence-corrected chi connectivity index (χ0v) is 16.6. The Kier molecular flexibility index (Phi) is 5.76. The summed E-state index contributed by atoms with van der Waals surface area (Å²) in [7, 11) is 0. The van der Waals surface area contributed by atoms with Crippen molar-refractivity contribution in [2.45, 2.75) is 39.2 Å². The van der Waals surface area contributed by atoms with E-state index in [0.717, 1.165) is 22.4 Å². The lowest BCUT2D eigenvalue weighted by atomic mass is 10.0. The highest BCUT2D eigenvalue weighted by molar-refractivity contribution is 5.94. The van der Waals surface area contributed by atoms with Crippen molar-refractivity contribution in [1.82, 2.24) is 10.5 Å². The zero-order chi connectivity index (χ0) is 20.1. The summed E-state index contributed by atoms with van der Waals surface area (Å²) in [4.78, 5) is 12.5. The molecular weight excluding hydrogens is 360 g/mol. The second kappa shape index (κ2) is 8.79. The third kappa shape index (κ3) is 4.75. The Morgan fingerprint density at radius 3 is 2.69 bits per heavy atom. The smallest absolute Gasteiger partial charge is 0.251 e. The number of aromatic nitrogens is 1. The second-order valence-corrected chi connectivity index (χ2v) is 7.51. The number of hydrogen-bond donors (Lipinski definition) is 1. The fourth-order valence-electron chi connectivity index (χ4n) is 3.61. The number of nitrogens with zero attached hydrogens (tertiary/aromatic N) is 1. The number of nitrogens with one attached hydrogen (secondary N) is 1. The number of hydrogen-bond acceptors (Lipinski definition) is 3. The minimum absolute atomic E-state index is 0.138. The van der Waals surface area contributed by atoms with Gasteiger partial charge in [-0.15, -0.1) is 0 Å². The quantitative estimate of drug-likeness (QED) is 0.635. The summed E-state index contributed by atoms with van der Waals surface area (Å²) in [5, 5.41) is 6.97. The van der Waals surface area contributed by atoms with Crippen molar-refractivity contribution >= 4 is 5.91 Å². The largest absolute Gasteiger partial charge is 0.359 e. The van der Waals surface area contributed by atoms with Crippen LogP contribution >= 0.6 is 0 Å². The molecule has 4 heteroatoms. The fraction of sp³-hybridized carbons (Fsp3) is 0.280. The maximum atomic E-state index is 12.5. The van der Waals surface area contributed by atoms with E-state index >= 15 is 0 Å². The summed E-state index contributed by atoms with van der Waals surface area (Å²) in [6, 6.07) is 17.3. The van der Waals surface area contributed by atoms with E-state index in [4.69, 9.17) is 4.52 Å². The molecule has 1 aliphatic carbocycles. The van der Waals surface area contributed by atoms with Crippen molar-refractivity contribution in [3.05, 3.63) is 77.0 Å². The molecule has 3 aromatic rings. The minimum Gasteiger partial charge on any atom is -0.359 e. The lowest BCUT2D eigenvalue weighted by molar-refractivity contribution is 0.0947. The molecule has 146 valence electrons. The Morgan fingerprint density at radius 1 is 1.14 bits per heavy atom. The molecular formula is C25H24N2O2. The molecule has 1 fully saturated rings. The maximum Gasteiger partial charge on any atom is 0.251 e. The van der Waals surface area contributed by atoms with Crippen LogP contribution in [0.15, 0.2) is 59.1 Å². The van der Waals surface area contributed by atoms with E-state index in [2.05, 4.69) is 22.3 Å². The van der Waals surface area contributed by atoms with E-state index in [0.29, 0.717) is 23.8 Å². The van der Waals surface area contributed by atoms with Crippen molar-refractivity contribution in [2.75, 3.05) is 0 Å². The topological polar surface area (TPSA) is 55.1 Å². The van der Waals surface area contributed by atoms with Gasteiger partial charge in [-0.3, -0.25) is 4.79 Å². The second-order valence-electron chi connectivity index (χ2n) is 7.51. The third-order valence-electron chi connectivity index (χ3n) is 5.31. The van der Waals surface area contributed by atoms with Crippen molar-refractivity contribution in [3.63, 3.8) is 0 Å². The fourth-order valence-corrected chi connectivity index (χ4v) is 3.61. The Morgan fingerprint density at radius 2 is 1.93 bits per heavy atom. The summed E-state index contributed by atoms with van der Waals surface area (Å²) in [5.74, 6) is 7.68. The molecule has 0 spiro atoms. The summed E-state index contributed by atoms with van der Waals surface area (Å²) >= 11 is 0. The molecule has 1 saturated carbocycles. The summed E-state index contributed by atoms with van der Waals surface area (Å²) in [6.07, 6.45) is 4.99. The van der Waals surface area contributed by atoms with Crippen LogP contribution in [0.1, 0.15) is 52.9 Å². The van der Waals surface area contributed by atoms with Gasteiger partial charge in [-0.2, -0.15) is 0 Å². The molecule has 0 saturated heterocycles. The Labute approximate surface area is 171 Å². The normalized spacial score (nSPS) is 13.7. The van der Waals surface area contributed by atoms with Crippen LogP contribution in [0.2, 0.25) is 0 Å². The molecule has 0 unspecified atom stereocenters. The van der Waals surface area contributed by atoms with Crippen LogP contribution in [0, 0.1) is 24.7 Å². The first kappa shape index (κ1) is 19.0. The van der Waals surface area contributed by atoms with Crippen molar-refractivity contribution in [1.29, 1.82) is 0 Å². The number of benzene rings is 2. The van der Waals surface area contributed by atoms with E-state index in [1.165, 1.54) is 25.7 Å². The van der Waals surface area contributed by atoms with Crippen LogP contribution in [0.25, 0.3) is 11.3 Å². The van der Waals surface area contributed by atoms with Gasteiger partial charge in [0.15, 0.2) is 5.76 Å². The Balaban J connectivity index is 1.37. The van der Waals surface area contributed by atoms with Gasteiger partial charge < -0.3 is 9.84 Å². The molecule has 1 amide bonds. The van der Waals surface area contributed by atoms with Gasteiger partial charge in [-0.1, -0.05) is 60.2 Å². The van der Waals surface area contributed by atoms with Crippen molar-refractivity contribution in [2.24, 2.45) is 5.92 Å². The van der Waals surface area contributed by atoms with E-state index in [1.54, 1.807) is 0 Å². The van der Waals surface area contributed by atoms with Gasteiger partial charge in [0.25, 0.3) is 5.91 Å².